The lowest BCUT2D eigenvalue weighted by molar-refractivity contribution is 0.622. The molecule has 2 rings (SSSR count). The summed E-state index contributed by atoms with van der Waals surface area (Å²) in [5, 5.41) is 4.45. The van der Waals surface area contributed by atoms with E-state index < -0.39 is 0 Å². The van der Waals surface area contributed by atoms with Gasteiger partial charge in [-0.25, -0.2) is 0 Å². The second-order valence-corrected chi connectivity index (χ2v) is 10.5. The third-order valence-electron chi connectivity index (χ3n) is 5.66. The lowest BCUT2D eigenvalue weighted by Gasteiger charge is -2.19. The zero-order chi connectivity index (χ0) is 19.2. The first kappa shape index (κ1) is 22.4. The minimum atomic E-state index is 0.0220. The molecule has 0 amide bonds. The van der Waals surface area contributed by atoms with E-state index in [2.05, 4.69) is 56.3 Å². The summed E-state index contributed by atoms with van der Waals surface area (Å²) in [5.41, 5.74) is 0. The van der Waals surface area contributed by atoms with Gasteiger partial charge in [0.15, 0.2) is 0 Å². The number of hydrogen-bond donors (Lipinski definition) is 0. The van der Waals surface area contributed by atoms with Crippen LogP contribution < -0.4 is 5.30 Å². The molecule has 0 fully saturated rings. The number of fused-ring (bicyclic) bond motifs is 1. The van der Waals surface area contributed by atoms with Gasteiger partial charge >= 0.3 is 0 Å². The van der Waals surface area contributed by atoms with E-state index in [9.17, 15) is 0 Å². The van der Waals surface area contributed by atoms with Gasteiger partial charge in [0.25, 0.3) is 0 Å². The molecule has 2 aromatic rings. The molecule has 0 aromatic heterocycles. The average molecular weight is 385 g/mol. The maximum absolute atomic E-state index is 2.50. The first-order chi connectivity index (χ1) is 13.3. The smallest absolute Gasteiger partial charge is 0.0178 e. The molecule has 0 heterocycles. The van der Waals surface area contributed by atoms with E-state index in [4.69, 9.17) is 0 Å². The summed E-state index contributed by atoms with van der Waals surface area (Å²) in [4.78, 5) is 0. The number of unbranched alkanes of at least 4 members (excludes halogenated alkanes) is 10. The maximum Gasteiger partial charge on any atom is -0.0178 e. The summed E-state index contributed by atoms with van der Waals surface area (Å²) in [6.07, 6.45) is 19.9. The summed E-state index contributed by atoms with van der Waals surface area (Å²) >= 11 is 0. The fourth-order valence-electron chi connectivity index (χ4n) is 3.91. The SMILES string of the molecule is CCCCCCCCP(CCCCCCCC)c1ccc2ccccc2c1. The fraction of sp³-hybridized carbons (Fsp3) is 0.615. The molecule has 0 nitrogen and oxygen atoms in total. The van der Waals surface area contributed by atoms with Crippen molar-refractivity contribution >= 4 is 24.0 Å². The van der Waals surface area contributed by atoms with Gasteiger partial charge in [-0.1, -0.05) is 122 Å². The van der Waals surface area contributed by atoms with Gasteiger partial charge in [-0.3, -0.25) is 0 Å². The molecule has 2 aromatic carbocycles. The van der Waals surface area contributed by atoms with Gasteiger partial charge in [0, 0.05) is 0 Å². The quantitative estimate of drug-likeness (QED) is 0.213. The van der Waals surface area contributed by atoms with E-state index in [1.165, 1.54) is 100 Å². The van der Waals surface area contributed by atoms with Crippen molar-refractivity contribution < 1.29 is 0 Å². The van der Waals surface area contributed by atoms with E-state index in [1.54, 1.807) is 5.30 Å². The van der Waals surface area contributed by atoms with Gasteiger partial charge in [0.1, 0.15) is 0 Å². The van der Waals surface area contributed by atoms with E-state index in [0.717, 1.165) is 0 Å². The molecule has 0 N–H and O–H groups in total. The van der Waals surface area contributed by atoms with Gasteiger partial charge in [0.05, 0.1) is 0 Å². The highest BCUT2D eigenvalue weighted by Crippen LogP contribution is 2.38. The Morgan fingerprint density at radius 1 is 0.556 bits per heavy atom. The Labute approximate surface area is 169 Å². The second kappa shape index (κ2) is 14.2. The Kier molecular flexibility index (Phi) is 11.8. The summed E-state index contributed by atoms with van der Waals surface area (Å²) < 4.78 is 0. The van der Waals surface area contributed by atoms with Gasteiger partial charge in [-0.05, 0) is 47.3 Å². The first-order valence-electron chi connectivity index (χ1n) is 11.6. The van der Waals surface area contributed by atoms with Crippen molar-refractivity contribution in [1.29, 1.82) is 0 Å². The van der Waals surface area contributed by atoms with Crippen LogP contribution in [0.4, 0.5) is 0 Å². The van der Waals surface area contributed by atoms with Crippen LogP contribution in [-0.4, -0.2) is 12.3 Å². The van der Waals surface area contributed by atoms with Crippen molar-refractivity contribution in [2.24, 2.45) is 0 Å². The number of benzene rings is 2. The van der Waals surface area contributed by atoms with Crippen molar-refractivity contribution in [1.82, 2.24) is 0 Å². The highest BCUT2D eigenvalue weighted by atomic mass is 31.1. The number of hydrogen-bond acceptors (Lipinski definition) is 0. The summed E-state index contributed by atoms with van der Waals surface area (Å²) in [7, 11) is 0.0220. The minimum absolute atomic E-state index is 0.0220. The second-order valence-electron chi connectivity index (χ2n) is 8.05. The van der Waals surface area contributed by atoms with Crippen LogP contribution in [0.2, 0.25) is 0 Å². The summed E-state index contributed by atoms with van der Waals surface area (Å²) in [6, 6.07) is 16.1. The van der Waals surface area contributed by atoms with E-state index in [1.807, 2.05) is 0 Å². The standard InChI is InChI=1S/C26H41P/c1-3-5-7-9-11-15-21-27(22-16-12-10-8-6-4-2)26-20-19-24-17-13-14-18-25(24)23-26/h13-14,17-20,23H,3-12,15-16,21-22H2,1-2H3. The van der Waals surface area contributed by atoms with Crippen LogP contribution in [-0.2, 0) is 0 Å². The number of rotatable bonds is 15. The van der Waals surface area contributed by atoms with Crippen LogP contribution in [0.15, 0.2) is 42.5 Å². The van der Waals surface area contributed by atoms with Gasteiger partial charge in [-0.2, -0.15) is 0 Å². The molecule has 0 saturated heterocycles. The molecular formula is C26H41P. The molecule has 0 aliphatic heterocycles. The van der Waals surface area contributed by atoms with Crippen LogP contribution in [0.5, 0.6) is 0 Å². The molecular weight excluding hydrogens is 343 g/mol. The molecule has 0 atom stereocenters. The van der Waals surface area contributed by atoms with Crippen molar-refractivity contribution in [2.45, 2.75) is 90.9 Å². The minimum Gasteiger partial charge on any atom is -0.0753 e. The third-order valence-corrected chi connectivity index (χ3v) is 8.38. The zero-order valence-electron chi connectivity index (χ0n) is 17.9. The van der Waals surface area contributed by atoms with Crippen molar-refractivity contribution in [3.05, 3.63) is 42.5 Å². The molecule has 150 valence electrons. The molecule has 0 bridgehead atoms. The maximum atomic E-state index is 2.50. The van der Waals surface area contributed by atoms with Crippen molar-refractivity contribution in [3.63, 3.8) is 0 Å². The third kappa shape index (κ3) is 8.78. The normalized spacial score (nSPS) is 11.5. The Hall–Kier alpha value is -0.870. The largest absolute Gasteiger partial charge is 0.0753 e. The summed E-state index contributed by atoms with van der Waals surface area (Å²) in [6.45, 7) is 4.61. The Balaban J connectivity index is 1.88. The van der Waals surface area contributed by atoms with Crippen LogP contribution in [0.3, 0.4) is 0 Å². The van der Waals surface area contributed by atoms with Crippen molar-refractivity contribution in [3.8, 4) is 0 Å². The predicted molar refractivity (Wildman–Crippen MR) is 127 cm³/mol. The van der Waals surface area contributed by atoms with Gasteiger partial charge < -0.3 is 0 Å². The lowest BCUT2D eigenvalue weighted by atomic mass is 10.1. The summed E-state index contributed by atoms with van der Waals surface area (Å²) in [5.74, 6) is 0. The average Bonchev–Trinajstić information content (AvgIpc) is 2.71. The molecule has 0 aliphatic rings. The predicted octanol–water partition coefficient (Wildman–Crippen LogP) is 8.67. The molecule has 0 aliphatic carbocycles. The molecule has 0 spiro atoms. The molecule has 0 saturated carbocycles. The van der Waals surface area contributed by atoms with Gasteiger partial charge in [0.2, 0.25) is 0 Å². The van der Waals surface area contributed by atoms with Gasteiger partial charge in [-0.15, -0.1) is 0 Å². The Bertz CT molecular complexity index is 602. The van der Waals surface area contributed by atoms with Crippen LogP contribution in [0, 0.1) is 0 Å². The van der Waals surface area contributed by atoms with Crippen LogP contribution in [0.25, 0.3) is 10.8 Å². The van der Waals surface area contributed by atoms with Crippen molar-refractivity contribution in [2.75, 3.05) is 12.3 Å². The van der Waals surface area contributed by atoms with Crippen LogP contribution in [0.1, 0.15) is 90.9 Å². The monoisotopic (exact) mass is 384 g/mol. The Morgan fingerprint density at radius 2 is 1.07 bits per heavy atom. The lowest BCUT2D eigenvalue weighted by Crippen LogP contribution is -2.07. The first-order valence-corrected chi connectivity index (χ1v) is 13.3. The highest BCUT2D eigenvalue weighted by Gasteiger charge is 2.11. The fourth-order valence-corrected chi connectivity index (χ4v) is 6.47. The molecule has 27 heavy (non-hydrogen) atoms. The van der Waals surface area contributed by atoms with E-state index >= 15 is 0 Å². The topological polar surface area (TPSA) is 0 Å². The Morgan fingerprint density at radius 3 is 1.67 bits per heavy atom. The highest BCUT2D eigenvalue weighted by molar-refractivity contribution is 7.65. The zero-order valence-corrected chi connectivity index (χ0v) is 18.8. The molecule has 0 unspecified atom stereocenters. The van der Waals surface area contributed by atoms with E-state index in [0.29, 0.717) is 0 Å². The van der Waals surface area contributed by atoms with E-state index in [-0.39, 0.29) is 7.92 Å². The molecule has 1 heteroatoms. The van der Waals surface area contributed by atoms with Crippen LogP contribution >= 0.6 is 7.92 Å². The molecule has 0 radical (unpaired) electrons.